The first kappa shape index (κ1) is 16.5. The molecule has 0 bridgehead atoms. The predicted molar refractivity (Wildman–Crippen MR) is 90.1 cm³/mol. The molecule has 120 valence electrons. The van der Waals surface area contributed by atoms with Crippen molar-refractivity contribution in [3.8, 4) is 17.0 Å². The van der Waals surface area contributed by atoms with Gasteiger partial charge >= 0.3 is 0 Å². The van der Waals surface area contributed by atoms with E-state index in [0.717, 1.165) is 22.2 Å². The standard InChI is InChI=1S/C13H10N2O.C5H10O2/c16-10-6-7-11-12(8-10)14-15-13(11)9-4-2-1-3-5-9;1-5(2,3)7-4-6/h1-8,16H,(H,14,15);4H,1-3H3. The lowest BCUT2D eigenvalue weighted by Gasteiger charge is -2.14. The van der Waals surface area contributed by atoms with Crippen molar-refractivity contribution < 1.29 is 14.6 Å². The molecule has 0 saturated heterocycles. The first-order valence-electron chi connectivity index (χ1n) is 7.25. The highest BCUT2D eigenvalue weighted by Crippen LogP contribution is 2.27. The number of phenols is 1. The maximum atomic E-state index is 9.60. The number of H-pyrrole nitrogens is 1. The van der Waals surface area contributed by atoms with Crippen LogP contribution in [-0.4, -0.2) is 27.4 Å². The van der Waals surface area contributed by atoms with E-state index >= 15 is 0 Å². The molecule has 0 fully saturated rings. The predicted octanol–water partition coefficient (Wildman–Crippen LogP) is 3.89. The highest BCUT2D eigenvalue weighted by atomic mass is 16.5. The Kier molecular flexibility index (Phi) is 5.01. The van der Waals surface area contributed by atoms with E-state index in [1.54, 1.807) is 12.1 Å². The van der Waals surface area contributed by atoms with Crippen molar-refractivity contribution in [2.75, 3.05) is 0 Å². The van der Waals surface area contributed by atoms with Crippen LogP contribution in [0.5, 0.6) is 5.75 Å². The minimum atomic E-state index is -0.318. The summed E-state index contributed by atoms with van der Waals surface area (Å²) in [6.07, 6.45) is 0. The van der Waals surface area contributed by atoms with Gasteiger partial charge in [-0.25, -0.2) is 0 Å². The molecule has 2 N–H and O–H groups in total. The molecule has 2 aromatic carbocycles. The van der Waals surface area contributed by atoms with E-state index in [9.17, 15) is 9.90 Å². The second kappa shape index (κ2) is 6.96. The van der Waals surface area contributed by atoms with Crippen LogP contribution in [0.4, 0.5) is 0 Å². The molecule has 0 saturated carbocycles. The van der Waals surface area contributed by atoms with E-state index in [0.29, 0.717) is 6.47 Å². The zero-order valence-electron chi connectivity index (χ0n) is 13.4. The van der Waals surface area contributed by atoms with Crippen LogP contribution in [0.25, 0.3) is 22.2 Å². The van der Waals surface area contributed by atoms with Crippen molar-refractivity contribution in [1.82, 2.24) is 10.2 Å². The number of aromatic hydroxyl groups is 1. The van der Waals surface area contributed by atoms with Crippen molar-refractivity contribution in [1.29, 1.82) is 0 Å². The molecule has 3 aromatic rings. The van der Waals surface area contributed by atoms with Crippen LogP contribution < -0.4 is 0 Å². The highest BCUT2D eigenvalue weighted by molar-refractivity contribution is 5.93. The average Bonchev–Trinajstić information content (AvgIpc) is 2.90. The minimum Gasteiger partial charge on any atom is -0.508 e. The number of nitrogens with one attached hydrogen (secondary N) is 1. The Morgan fingerprint density at radius 3 is 2.39 bits per heavy atom. The third-order valence-corrected chi connectivity index (χ3v) is 3.00. The first-order valence-corrected chi connectivity index (χ1v) is 7.25. The molecule has 0 aliphatic heterocycles. The van der Waals surface area contributed by atoms with Crippen LogP contribution in [0.2, 0.25) is 0 Å². The smallest absolute Gasteiger partial charge is 0.293 e. The topological polar surface area (TPSA) is 75.2 Å². The van der Waals surface area contributed by atoms with Crippen molar-refractivity contribution >= 4 is 17.4 Å². The Labute approximate surface area is 134 Å². The highest BCUT2D eigenvalue weighted by Gasteiger charge is 2.08. The van der Waals surface area contributed by atoms with Crippen molar-refractivity contribution in [3.63, 3.8) is 0 Å². The van der Waals surface area contributed by atoms with E-state index in [2.05, 4.69) is 14.9 Å². The number of phenolic OH excluding ortho intramolecular Hbond substituents is 1. The van der Waals surface area contributed by atoms with Gasteiger partial charge in [0.15, 0.2) is 0 Å². The first-order chi connectivity index (χ1) is 10.9. The third-order valence-electron chi connectivity index (χ3n) is 3.00. The van der Waals surface area contributed by atoms with E-state index in [4.69, 9.17) is 0 Å². The molecule has 5 nitrogen and oxygen atoms in total. The van der Waals surface area contributed by atoms with Gasteiger partial charge in [-0.05, 0) is 32.9 Å². The van der Waals surface area contributed by atoms with Gasteiger partial charge < -0.3 is 9.84 Å². The Morgan fingerprint density at radius 2 is 1.83 bits per heavy atom. The van der Waals surface area contributed by atoms with Gasteiger partial charge in [-0.15, -0.1) is 0 Å². The summed E-state index contributed by atoms with van der Waals surface area (Å²) in [6, 6.07) is 15.2. The molecule has 0 radical (unpaired) electrons. The SMILES string of the molecule is CC(C)(C)OC=O.Oc1ccc2c(-c3ccccc3)n[nH]c2c1. The Balaban J connectivity index is 0.000000236. The molecule has 0 spiro atoms. The number of nitrogens with zero attached hydrogens (tertiary/aromatic N) is 1. The fourth-order valence-electron chi connectivity index (χ4n) is 1.97. The Bertz CT molecular complexity index is 774. The molecule has 1 heterocycles. The van der Waals surface area contributed by atoms with Crippen LogP contribution in [-0.2, 0) is 9.53 Å². The molecule has 1 aromatic heterocycles. The Morgan fingerprint density at radius 1 is 1.13 bits per heavy atom. The Hall–Kier alpha value is -2.82. The van der Waals surface area contributed by atoms with Gasteiger partial charge in [0.25, 0.3) is 6.47 Å². The fraction of sp³-hybridized carbons (Fsp3) is 0.222. The van der Waals surface area contributed by atoms with E-state index in [1.807, 2.05) is 57.2 Å². The van der Waals surface area contributed by atoms with Gasteiger partial charge in [0, 0.05) is 17.0 Å². The number of hydrogen-bond acceptors (Lipinski definition) is 4. The normalized spacial score (nSPS) is 10.7. The quantitative estimate of drug-likeness (QED) is 0.704. The lowest BCUT2D eigenvalue weighted by molar-refractivity contribution is -0.138. The van der Waals surface area contributed by atoms with Gasteiger partial charge in [0.1, 0.15) is 11.4 Å². The summed E-state index contributed by atoms with van der Waals surface area (Å²) in [5, 5.41) is 17.6. The number of carbonyl (C=O) groups excluding carboxylic acids is 1. The summed E-state index contributed by atoms with van der Waals surface area (Å²) in [4.78, 5) is 9.60. The van der Waals surface area contributed by atoms with Crippen LogP contribution in [0.1, 0.15) is 20.8 Å². The summed E-state index contributed by atoms with van der Waals surface area (Å²) in [5.41, 5.74) is 2.51. The second-order valence-corrected chi connectivity index (χ2v) is 5.99. The van der Waals surface area contributed by atoms with Gasteiger partial charge in [-0.2, -0.15) is 5.10 Å². The molecule has 0 unspecified atom stereocenters. The molecule has 23 heavy (non-hydrogen) atoms. The monoisotopic (exact) mass is 312 g/mol. The van der Waals surface area contributed by atoms with Crippen molar-refractivity contribution in [2.45, 2.75) is 26.4 Å². The maximum absolute atomic E-state index is 9.60. The number of benzene rings is 2. The van der Waals surface area contributed by atoms with Gasteiger partial charge in [-0.1, -0.05) is 30.3 Å². The third kappa shape index (κ3) is 4.57. The van der Waals surface area contributed by atoms with Gasteiger partial charge in [-0.3, -0.25) is 9.89 Å². The van der Waals surface area contributed by atoms with Crippen LogP contribution in [0.15, 0.2) is 48.5 Å². The maximum Gasteiger partial charge on any atom is 0.293 e. The van der Waals surface area contributed by atoms with Crippen molar-refractivity contribution in [3.05, 3.63) is 48.5 Å². The summed E-state index contributed by atoms with van der Waals surface area (Å²) in [6.45, 7) is 5.92. The molecule has 0 amide bonds. The molecule has 0 aliphatic rings. The number of carbonyl (C=O) groups is 1. The van der Waals surface area contributed by atoms with E-state index in [-0.39, 0.29) is 11.4 Å². The van der Waals surface area contributed by atoms with Crippen LogP contribution in [0.3, 0.4) is 0 Å². The lowest BCUT2D eigenvalue weighted by Crippen LogP contribution is -2.17. The molecule has 0 aliphatic carbocycles. The van der Waals surface area contributed by atoms with Gasteiger partial charge in [0.05, 0.1) is 11.2 Å². The fourth-order valence-corrected chi connectivity index (χ4v) is 1.97. The molecule has 3 rings (SSSR count). The molecular weight excluding hydrogens is 292 g/mol. The molecule has 0 atom stereocenters. The van der Waals surface area contributed by atoms with E-state index < -0.39 is 0 Å². The summed E-state index contributed by atoms with van der Waals surface area (Å²) >= 11 is 0. The zero-order chi connectivity index (χ0) is 16.9. The average molecular weight is 312 g/mol. The summed E-state index contributed by atoms with van der Waals surface area (Å²) in [5.74, 6) is 0.246. The van der Waals surface area contributed by atoms with Crippen LogP contribution in [0, 0.1) is 0 Å². The number of aromatic amines is 1. The molecule has 5 heteroatoms. The number of aromatic nitrogens is 2. The van der Waals surface area contributed by atoms with Crippen LogP contribution >= 0.6 is 0 Å². The largest absolute Gasteiger partial charge is 0.508 e. The minimum absolute atomic E-state index is 0.246. The summed E-state index contributed by atoms with van der Waals surface area (Å²) < 4.78 is 4.55. The lowest BCUT2D eigenvalue weighted by atomic mass is 10.1. The van der Waals surface area contributed by atoms with Crippen molar-refractivity contribution in [2.24, 2.45) is 0 Å². The molecular formula is C18H20N2O3. The number of ether oxygens (including phenoxy) is 1. The number of hydrogen-bond donors (Lipinski definition) is 2. The zero-order valence-corrected chi connectivity index (χ0v) is 13.4. The number of fused-ring (bicyclic) bond motifs is 1. The van der Waals surface area contributed by atoms with E-state index in [1.165, 1.54) is 0 Å². The summed E-state index contributed by atoms with van der Waals surface area (Å²) in [7, 11) is 0. The number of rotatable bonds is 2. The second-order valence-electron chi connectivity index (χ2n) is 5.99. The van der Waals surface area contributed by atoms with Gasteiger partial charge in [0.2, 0.25) is 0 Å².